The maximum atomic E-state index is 11.8. The predicted molar refractivity (Wildman–Crippen MR) is 57.2 cm³/mol. The van der Waals surface area contributed by atoms with E-state index in [1.54, 1.807) is 0 Å². The van der Waals surface area contributed by atoms with Gasteiger partial charge in [-0.25, -0.2) is 0 Å². The van der Waals surface area contributed by atoms with Crippen molar-refractivity contribution in [1.29, 1.82) is 0 Å². The lowest BCUT2D eigenvalue weighted by Crippen LogP contribution is -2.52. The maximum absolute atomic E-state index is 11.8. The summed E-state index contributed by atoms with van der Waals surface area (Å²) in [4.78, 5) is 13.8. The second-order valence-corrected chi connectivity index (χ2v) is 4.42. The van der Waals surface area contributed by atoms with Crippen molar-refractivity contribution in [2.45, 2.75) is 25.3 Å². The molecule has 1 heterocycles. The molecule has 0 saturated carbocycles. The maximum Gasteiger partial charge on any atom is 0.240 e. The van der Waals surface area contributed by atoms with Gasteiger partial charge in [0, 0.05) is 13.1 Å². The van der Waals surface area contributed by atoms with Crippen LogP contribution in [0.3, 0.4) is 0 Å². The number of likely N-dealkylation sites (N-methyl/N-ethyl adjacent to an activating group) is 1. The Morgan fingerprint density at radius 2 is 2.29 bits per heavy atom. The summed E-state index contributed by atoms with van der Waals surface area (Å²) in [7, 11) is 4.00. The van der Waals surface area contributed by atoms with E-state index < -0.39 is 0 Å². The third-order valence-electron chi connectivity index (χ3n) is 2.71. The van der Waals surface area contributed by atoms with Crippen molar-refractivity contribution in [1.82, 2.24) is 15.5 Å². The van der Waals surface area contributed by atoms with Crippen LogP contribution in [0.15, 0.2) is 0 Å². The molecule has 1 unspecified atom stereocenters. The first-order valence-corrected chi connectivity index (χ1v) is 5.23. The smallest absolute Gasteiger partial charge is 0.240 e. The summed E-state index contributed by atoms with van der Waals surface area (Å²) < 4.78 is 0. The molecule has 82 valence electrons. The van der Waals surface area contributed by atoms with Crippen LogP contribution in [0.2, 0.25) is 0 Å². The number of hydrogen-bond acceptors (Lipinski definition) is 3. The molecule has 1 aliphatic rings. The molecule has 0 radical (unpaired) electrons. The topological polar surface area (TPSA) is 44.4 Å². The minimum absolute atomic E-state index is 0.136. The number of carbonyl (C=O) groups is 1. The molecule has 1 atom stereocenters. The average molecular weight is 199 g/mol. The Kier molecular flexibility index (Phi) is 3.89. The zero-order valence-corrected chi connectivity index (χ0v) is 9.39. The molecule has 0 aromatic carbocycles. The molecule has 0 bridgehead atoms. The van der Waals surface area contributed by atoms with Gasteiger partial charge in [0.15, 0.2) is 0 Å². The highest BCUT2D eigenvalue weighted by Gasteiger charge is 2.35. The van der Waals surface area contributed by atoms with E-state index >= 15 is 0 Å². The zero-order valence-electron chi connectivity index (χ0n) is 9.39. The van der Waals surface area contributed by atoms with Crippen molar-refractivity contribution >= 4 is 5.91 Å². The van der Waals surface area contributed by atoms with Crippen molar-refractivity contribution in [3.05, 3.63) is 0 Å². The minimum atomic E-state index is -0.327. The van der Waals surface area contributed by atoms with Crippen molar-refractivity contribution in [2.24, 2.45) is 0 Å². The van der Waals surface area contributed by atoms with E-state index in [9.17, 15) is 4.79 Å². The normalized spacial score (nSPS) is 26.9. The second kappa shape index (κ2) is 4.75. The highest BCUT2D eigenvalue weighted by Crippen LogP contribution is 2.17. The fourth-order valence-corrected chi connectivity index (χ4v) is 1.68. The molecule has 0 aliphatic carbocycles. The van der Waals surface area contributed by atoms with Crippen LogP contribution in [-0.2, 0) is 4.79 Å². The highest BCUT2D eigenvalue weighted by molar-refractivity contribution is 5.86. The number of amides is 1. The first kappa shape index (κ1) is 11.5. The van der Waals surface area contributed by atoms with Gasteiger partial charge in [-0.3, -0.25) is 4.79 Å². The summed E-state index contributed by atoms with van der Waals surface area (Å²) in [6, 6.07) is 0. The molecule has 1 aliphatic heterocycles. The highest BCUT2D eigenvalue weighted by atomic mass is 16.2. The zero-order chi connectivity index (χ0) is 10.6. The van der Waals surface area contributed by atoms with E-state index in [0.29, 0.717) is 0 Å². The Bertz CT molecular complexity index is 198. The minimum Gasteiger partial charge on any atom is -0.353 e. The summed E-state index contributed by atoms with van der Waals surface area (Å²) in [5.41, 5.74) is -0.327. The molecule has 14 heavy (non-hydrogen) atoms. The van der Waals surface area contributed by atoms with E-state index in [0.717, 1.165) is 32.5 Å². The van der Waals surface area contributed by atoms with Crippen LogP contribution in [-0.4, -0.2) is 50.1 Å². The van der Waals surface area contributed by atoms with E-state index in [1.807, 2.05) is 21.0 Å². The Morgan fingerprint density at radius 1 is 1.57 bits per heavy atom. The van der Waals surface area contributed by atoms with Crippen LogP contribution in [0, 0.1) is 0 Å². The lowest BCUT2D eigenvalue weighted by Gasteiger charge is -2.23. The van der Waals surface area contributed by atoms with Crippen LogP contribution < -0.4 is 10.6 Å². The quantitative estimate of drug-likeness (QED) is 0.659. The molecule has 0 spiro atoms. The van der Waals surface area contributed by atoms with Gasteiger partial charge in [-0.2, -0.15) is 0 Å². The van der Waals surface area contributed by atoms with E-state index in [2.05, 4.69) is 15.5 Å². The van der Waals surface area contributed by atoms with Gasteiger partial charge >= 0.3 is 0 Å². The molecule has 0 aromatic heterocycles. The fourth-order valence-electron chi connectivity index (χ4n) is 1.68. The first-order chi connectivity index (χ1) is 6.54. The molecule has 2 N–H and O–H groups in total. The predicted octanol–water partition coefficient (Wildman–Crippen LogP) is -0.194. The van der Waals surface area contributed by atoms with Gasteiger partial charge in [0.2, 0.25) is 5.91 Å². The molecule has 1 saturated heterocycles. The average Bonchev–Trinajstić information content (AvgIpc) is 2.52. The Hall–Kier alpha value is -0.610. The van der Waals surface area contributed by atoms with Crippen LogP contribution in [0.1, 0.15) is 19.8 Å². The first-order valence-electron chi connectivity index (χ1n) is 5.23. The molecule has 1 amide bonds. The monoisotopic (exact) mass is 199 g/mol. The Morgan fingerprint density at radius 3 is 2.79 bits per heavy atom. The largest absolute Gasteiger partial charge is 0.353 e. The van der Waals surface area contributed by atoms with Crippen LogP contribution in [0.25, 0.3) is 0 Å². The third-order valence-corrected chi connectivity index (χ3v) is 2.71. The van der Waals surface area contributed by atoms with E-state index in [4.69, 9.17) is 0 Å². The fraction of sp³-hybridized carbons (Fsp3) is 0.900. The third kappa shape index (κ3) is 2.96. The van der Waals surface area contributed by atoms with E-state index in [-0.39, 0.29) is 11.4 Å². The van der Waals surface area contributed by atoms with Crippen molar-refractivity contribution in [3.63, 3.8) is 0 Å². The van der Waals surface area contributed by atoms with Gasteiger partial charge in [0.25, 0.3) is 0 Å². The van der Waals surface area contributed by atoms with Gasteiger partial charge in [0.1, 0.15) is 0 Å². The van der Waals surface area contributed by atoms with Gasteiger partial charge in [-0.05, 0) is 40.4 Å². The number of nitrogens with one attached hydrogen (secondary N) is 2. The summed E-state index contributed by atoms with van der Waals surface area (Å²) in [5, 5.41) is 6.20. The molecule has 0 aromatic rings. The van der Waals surface area contributed by atoms with Crippen LogP contribution >= 0.6 is 0 Å². The lowest BCUT2D eigenvalue weighted by molar-refractivity contribution is -0.126. The van der Waals surface area contributed by atoms with Crippen molar-refractivity contribution in [2.75, 3.05) is 33.7 Å². The SMILES string of the molecule is CN(C)CCNC(=O)C1(C)CCCN1. The van der Waals surface area contributed by atoms with Gasteiger partial charge in [-0.15, -0.1) is 0 Å². The van der Waals surface area contributed by atoms with Gasteiger partial charge in [-0.1, -0.05) is 0 Å². The molecular weight excluding hydrogens is 178 g/mol. The molecule has 4 heteroatoms. The van der Waals surface area contributed by atoms with Crippen molar-refractivity contribution < 1.29 is 4.79 Å². The van der Waals surface area contributed by atoms with Crippen LogP contribution in [0.5, 0.6) is 0 Å². The van der Waals surface area contributed by atoms with Crippen LogP contribution in [0.4, 0.5) is 0 Å². The van der Waals surface area contributed by atoms with Gasteiger partial charge in [0.05, 0.1) is 5.54 Å². The molecular formula is C10H21N3O. The summed E-state index contributed by atoms with van der Waals surface area (Å²) in [6.07, 6.45) is 2.04. The summed E-state index contributed by atoms with van der Waals surface area (Å²) in [6.45, 7) is 4.55. The number of hydrogen-bond donors (Lipinski definition) is 2. The summed E-state index contributed by atoms with van der Waals surface area (Å²) >= 11 is 0. The van der Waals surface area contributed by atoms with Gasteiger partial charge < -0.3 is 15.5 Å². The van der Waals surface area contributed by atoms with Crippen molar-refractivity contribution in [3.8, 4) is 0 Å². The Balaban J connectivity index is 2.27. The Labute approximate surface area is 86.0 Å². The summed E-state index contributed by atoms with van der Waals surface area (Å²) in [5.74, 6) is 0.136. The molecule has 1 rings (SSSR count). The number of rotatable bonds is 4. The number of nitrogens with zero attached hydrogens (tertiary/aromatic N) is 1. The molecule has 4 nitrogen and oxygen atoms in total. The lowest BCUT2D eigenvalue weighted by atomic mass is 9.99. The van der Waals surface area contributed by atoms with E-state index in [1.165, 1.54) is 0 Å². The molecule has 1 fully saturated rings. The standard InChI is InChI=1S/C10H21N3O/c1-10(5-4-6-12-10)9(14)11-7-8-13(2)3/h12H,4-8H2,1-3H3,(H,11,14). The second-order valence-electron chi connectivity index (χ2n) is 4.42. The number of carbonyl (C=O) groups excluding carboxylic acids is 1.